The molecule has 2 heterocycles. The molecule has 0 bridgehead atoms. The Morgan fingerprint density at radius 2 is 2.50 bits per heavy atom. The predicted molar refractivity (Wildman–Crippen MR) is 58.0 cm³/mol. The van der Waals surface area contributed by atoms with Crippen molar-refractivity contribution in [1.29, 1.82) is 0 Å². The SMILES string of the molecule is O=c1[nH]c(CI)nc2ccsc12. The molecule has 0 spiro atoms. The van der Waals surface area contributed by atoms with Crippen LogP contribution in [0.1, 0.15) is 5.82 Å². The molecule has 0 aliphatic carbocycles. The van der Waals surface area contributed by atoms with Gasteiger partial charge in [0.05, 0.1) is 9.94 Å². The average molecular weight is 292 g/mol. The molecule has 0 unspecified atom stereocenters. The van der Waals surface area contributed by atoms with Crippen molar-refractivity contribution in [2.45, 2.75) is 4.43 Å². The fourth-order valence-electron chi connectivity index (χ4n) is 0.985. The van der Waals surface area contributed by atoms with Crippen molar-refractivity contribution in [3.05, 3.63) is 27.6 Å². The third kappa shape index (κ3) is 1.27. The van der Waals surface area contributed by atoms with E-state index < -0.39 is 0 Å². The number of halogens is 1. The van der Waals surface area contributed by atoms with Crippen molar-refractivity contribution in [3.63, 3.8) is 0 Å². The van der Waals surface area contributed by atoms with E-state index in [1.54, 1.807) is 0 Å². The molecule has 0 aliphatic heterocycles. The van der Waals surface area contributed by atoms with Crippen molar-refractivity contribution >= 4 is 44.1 Å². The highest BCUT2D eigenvalue weighted by Gasteiger charge is 2.02. The number of nitrogens with zero attached hydrogens (tertiary/aromatic N) is 1. The predicted octanol–water partition coefficient (Wildman–Crippen LogP) is 1.92. The lowest BCUT2D eigenvalue weighted by atomic mass is 10.4. The first kappa shape index (κ1) is 8.18. The van der Waals surface area contributed by atoms with Crippen LogP contribution in [0.3, 0.4) is 0 Å². The van der Waals surface area contributed by atoms with Crippen LogP contribution >= 0.6 is 33.9 Å². The Balaban J connectivity index is 2.84. The molecule has 2 aromatic rings. The number of thiophene rings is 1. The first-order valence-electron chi connectivity index (χ1n) is 3.33. The maximum Gasteiger partial charge on any atom is 0.268 e. The van der Waals surface area contributed by atoms with Gasteiger partial charge in [-0.2, -0.15) is 0 Å². The minimum atomic E-state index is -0.0262. The summed E-state index contributed by atoms with van der Waals surface area (Å²) < 4.78 is 1.45. The molecule has 0 aliphatic rings. The van der Waals surface area contributed by atoms with E-state index >= 15 is 0 Å². The molecule has 2 rings (SSSR count). The Kier molecular flexibility index (Phi) is 2.14. The van der Waals surface area contributed by atoms with Gasteiger partial charge in [-0.25, -0.2) is 4.98 Å². The Hall–Kier alpha value is -0.430. The molecule has 0 fully saturated rings. The van der Waals surface area contributed by atoms with Crippen LogP contribution in [-0.4, -0.2) is 9.97 Å². The van der Waals surface area contributed by atoms with Gasteiger partial charge >= 0.3 is 0 Å². The monoisotopic (exact) mass is 292 g/mol. The molecule has 0 radical (unpaired) electrons. The average Bonchev–Trinajstić information content (AvgIpc) is 2.52. The highest BCUT2D eigenvalue weighted by Crippen LogP contribution is 2.14. The number of H-pyrrole nitrogens is 1. The van der Waals surface area contributed by atoms with Crippen molar-refractivity contribution in [3.8, 4) is 0 Å². The number of aromatic nitrogens is 2. The fourth-order valence-corrected chi connectivity index (χ4v) is 2.07. The van der Waals surface area contributed by atoms with Gasteiger partial charge in [-0.15, -0.1) is 11.3 Å². The molecule has 0 saturated heterocycles. The molecular weight excluding hydrogens is 287 g/mol. The highest BCUT2D eigenvalue weighted by molar-refractivity contribution is 14.1. The Bertz CT molecular complexity index is 462. The quantitative estimate of drug-likeness (QED) is 0.644. The Morgan fingerprint density at radius 3 is 3.25 bits per heavy atom. The summed E-state index contributed by atoms with van der Waals surface area (Å²) in [6, 6.07) is 1.87. The smallest absolute Gasteiger partial charge is 0.268 e. The van der Waals surface area contributed by atoms with Gasteiger partial charge in [-0.3, -0.25) is 4.79 Å². The first-order chi connectivity index (χ1) is 5.81. The van der Waals surface area contributed by atoms with Crippen LogP contribution in [0.4, 0.5) is 0 Å². The van der Waals surface area contributed by atoms with Gasteiger partial charge in [0.25, 0.3) is 5.56 Å². The van der Waals surface area contributed by atoms with Gasteiger partial charge < -0.3 is 4.98 Å². The highest BCUT2D eigenvalue weighted by atomic mass is 127. The fraction of sp³-hybridized carbons (Fsp3) is 0.143. The lowest BCUT2D eigenvalue weighted by Gasteiger charge is -1.93. The maximum atomic E-state index is 11.3. The molecular formula is C7H5IN2OS. The van der Waals surface area contributed by atoms with E-state index in [4.69, 9.17) is 0 Å². The molecule has 0 atom stereocenters. The van der Waals surface area contributed by atoms with Crippen molar-refractivity contribution in [1.82, 2.24) is 9.97 Å². The number of rotatable bonds is 1. The molecule has 0 aromatic carbocycles. The van der Waals surface area contributed by atoms with E-state index in [1.807, 2.05) is 11.4 Å². The molecule has 12 heavy (non-hydrogen) atoms. The normalized spacial score (nSPS) is 10.8. The van der Waals surface area contributed by atoms with Crippen molar-refractivity contribution < 1.29 is 0 Å². The van der Waals surface area contributed by atoms with Crippen LogP contribution in [0.5, 0.6) is 0 Å². The minimum absolute atomic E-state index is 0.0262. The molecule has 62 valence electrons. The topological polar surface area (TPSA) is 45.8 Å². The van der Waals surface area contributed by atoms with E-state index in [0.29, 0.717) is 4.70 Å². The zero-order chi connectivity index (χ0) is 8.55. The van der Waals surface area contributed by atoms with Crippen LogP contribution in [0.2, 0.25) is 0 Å². The second-order valence-electron chi connectivity index (χ2n) is 2.28. The molecule has 1 N–H and O–H groups in total. The second-order valence-corrected chi connectivity index (χ2v) is 3.96. The number of hydrogen-bond acceptors (Lipinski definition) is 3. The standard InChI is InChI=1S/C7H5IN2OS/c8-3-5-9-4-1-2-12-6(4)7(11)10-5/h1-2H,3H2,(H,9,10,11). The Labute approximate surface area is 86.0 Å². The van der Waals surface area contributed by atoms with Gasteiger partial charge in [0.15, 0.2) is 0 Å². The zero-order valence-corrected chi connectivity index (χ0v) is 8.98. The van der Waals surface area contributed by atoms with Crippen LogP contribution in [-0.2, 0) is 4.43 Å². The van der Waals surface area contributed by atoms with Crippen LogP contribution < -0.4 is 5.56 Å². The van der Waals surface area contributed by atoms with Gasteiger partial charge in [-0.05, 0) is 11.4 Å². The maximum absolute atomic E-state index is 11.3. The van der Waals surface area contributed by atoms with Gasteiger partial charge in [0.1, 0.15) is 10.5 Å². The first-order valence-corrected chi connectivity index (χ1v) is 5.74. The van der Waals surface area contributed by atoms with E-state index in [2.05, 4.69) is 32.6 Å². The molecule has 3 nitrogen and oxygen atoms in total. The summed E-state index contributed by atoms with van der Waals surface area (Å²) in [6.45, 7) is 0. The summed E-state index contributed by atoms with van der Waals surface area (Å²) in [7, 11) is 0. The summed E-state index contributed by atoms with van der Waals surface area (Å²) in [5.74, 6) is 0.742. The van der Waals surface area contributed by atoms with Crippen LogP contribution in [0, 0.1) is 0 Å². The summed E-state index contributed by atoms with van der Waals surface area (Å²) >= 11 is 3.60. The van der Waals surface area contributed by atoms with Gasteiger partial charge in [0, 0.05) is 0 Å². The van der Waals surface area contributed by atoms with Crippen LogP contribution in [0.15, 0.2) is 16.2 Å². The number of hydrogen-bond donors (Lipinski definition) is 1. The van der Waals surface area contributed by atoms with Crippen molar-refractivity contribution in [2.24, 2.45) is 0 Å². The summed E-state index contributed by atoms with van der Waals surface area (Å²) in [5, 5.41) is 1.88. The Morgan fingerprint density at radius 1 is 1.67 bits per heavy atom. The summed E-state index contributed by atoms with van der Waals surface area (Å²) in [4.78, 5) is 18.3. The molecule has 5 heteroatoms. The minimum Gasteiger partial charge on any atom is -0.309 e. The molecule has 0 saturated carbocycles. The van der Waals surface area contributed by atoms with E-state index in [-0.39, 0.29) is 5.56 Å². The number of fused-ring (bicyclic) bond motifs is 1. The molecule has 0 amide bonds. The van der Waals surface area contributed by atoms with E-state index in [0.717, 1.165) is 15.8 Å². The lowest BCUT2D eigenvalue weighted by Crippen LogP contribution is -2.08. The number of alkyl halides is 1. The van der Waals surface area contributed by atoms with E-state index in [1.165, 1.54) is 11.3 Å². The third-order valence-corrected chi connectivity index (χ3v) is 3.12. The molecule has 2 aromatic heterocycles. The summed E-state index contributed by atoms with van der Waals surface area (Å²) in [6.07, 6.45) is 0. The summed E-state index contributed by atoms with van der Waals surface area (Å²) in [5.41, 5.74) is 0.775. The van der Waals surface area contributed by atoms with Crippen LogP contribution in [0.25, 0.3) is 10.2 Å². The third-order valence-electron chi connectivity index (χ3n) is 1.49. The largest absolute Gasteiger partial charge is 0.309 e. The number of aromatic amines is 1. The van der Waals surface area contributed by atoms with Gasteiger partial charge in [0.2, 0.25) is 0 Å². The second kappa shape index (κ2) is 3.14. The zero-order valence-electron chi connectivity index (χ0n) is 6.00. The van der Waals surface area contributed by atoms with E-state index in [9.17, 15) is 4.79 Å². The van der Waals surface area contributed by atoms with Gasteiger partial charge in [-0.1, -0.05) is 22.6 Å². The number of nitrogens with one attached hydrogen (secondary N) is 1. The lowest BCUT2D eigenvalue weighted by molar-refractivity contribution is 1.06. The van der Waals surface area contributed by atoms with Crippen molar-refractivity contribution in [2.75, 3.05) is 0 Å².